The molecule has 0 radical (unpaired) electrons. The number of halogens is 2. The first-order valence-electron chi connectivity index (χ1n) is 4.75. The lowest BCUT2D eigenvalue weighted by molar-refractivity contribution is -0.149. The minimum absolute atomic E-state index is 0.0593. The summed E-state index contributed by atoms with van der Waals surface area (Å²) in [6.07, 6.45) is -1.54. The van der Waals surface area contributed by atoms with Gasteiger partial charge in [0.05, 0.1) is 13.2 Å². The molecule has 88 valence electrons. The van der Waals surface area contributed by atoms with Crippen molar-refractivity contribution in [3.63, 3.8) is 0 Å². The third kappa shape index (κ3) is 2.89. The molecule has 2 N–H and O–H groups in total. The molecule has 0 aliphatic carbocycles. The molecule has 0 bridgehead atoms. The smallest absolute Gasteiger partial charge is 0.326 e. The van der Waals surface area contributed by atoms with Gasteiger partial charge in [-0.3, -0.25) is 10.1 Å². The zero-order valence-corrected chi connectivity index (χ0v) is 10.1. The van der Waals surface area contributed by atoms with Gasteiger partial charge < -0.3 is 9.84 Å². The second-order valence-corrected chi connectivity index (χ2v) is 4.42. The Morgan fingerprint density at radius 3 is 2.93 bits per heavy atom. The van der Waals surface area contributed by atoms with Gasteiger partial charge in [0.15, 0.2) is 0 Å². The van der Waals surface area contributed by atoms with Crippen LogP contribution in [0.1, 0.15) is 12.8 Å². The summed E-state index contributed by atoms with van der Waals surface area (Å²) in [5.41, 5.74) is -1.07. The average Bonchev–Trinajstić information content (AvgIpc) is 2.59. The topological polar surface area (TPSA) is 58.6 Å². The number of rotatable bonds is 4. The first kappa shape index (κ1) is 12.9. The van der Waals surface area contributed by atoms with Crippen molar-refractivity contribution < 1.29 is 19.0 Å². The highest BCUT2D eigenvalue weighted by Crippen LogP contribution is 2.28. The molecule has 0 amide bonds. The van der Waals surface area contributed by atoms with Crippen molar-refractivity contribution in [1.29, 1.82) is 0 Å². The summed E-state index contributed by atoms with van der Waals surface area (Å²) < 4.78 is 17.7. The second kappa shape index (κ2) is 5.23. The number of nitrogens with one attached hydrogen (secondary N) is 1. The van der Waals surface area contributed by atoms with E-state index in [1.807, 2.05) is 0 Å². The summed E-state index contributed by atoms with van der Waals surface area (Å²) >= 11 is 3.11. The van der Waals surface area contributed by atoms with Crippen molar-refractivity contribution in [1.82, 2.24) is 5.32 Å². The van der Waals surface area contributed by atoms with Gasteiger partial charge in [-0.15, -0.1) is 0 Å². The Balaban J connectivity index is 2.73. The van der Waals surface area contributed by atoms with Crippen LogP contribution in [0.2, 0.25) is 0 Å². The lowest BCUT2D eigenvalue weighted by Gasteiger charge is -2.27. The van der Waals surface area contributed by atoms with Gasteiger partial charge in [-0.05, 0) is 0 Å². The number of hydrogen-bond donors (Lipinski definition) is 2. The van der Waals surface area contributed by atoms with E-state index in [1.54, 1.807) is 0 Å². The summed E-state index contributed by atoms with van der Waals surface area (Å²) in [6, 6.07) is 0. The average molecular weight is 284 g/mol. The molecule has 1 rings (SSSR count). The predicted octanol–water partition coefficient (Wildman–Crippen LogP) is 0.376. The van der Waals surface area contributed by atoms with E-state index in [0.29, 0.717) is 5.33 Å². The Morgan fingerprint density at radius 2 is 2.53 bits per heavy atom. The van der Waals surface area contributed by atoms with Crippen LogP contribution in [0.5, 0.6) is 0 Å². The molecule has 15 heavy (non-hydrogen) atoms. The lowest BCUT2D eigenvalue weighted by Crippen LogP contribution is -2.50. The van der Waals surface area contributed by atoms with Crippen molar-refractivity contribution in [2.45, 2.75) is 30.7 Å². The zero-order valence-electron chi connectivity index (χ0n) is 8.50. The van der Waals surface area contributed by atoms with Gasteiger partial charge in [0.1, 0.15) is 11.7 Å². The number of methoxy groups -OCH3 is 1. The highest BCUT2D eigenvalue weighted by molar-refractivity contribution is 9.09. The highest BCUT2D eigenvalue weighted by atomic mass is 79.9. The van der Waals surface area contributed by atoms with Gasteiger partial charge in [0.2, 0.25) is 0 Å². The molecule has 1 aliphatic rings. The molecule has 0 spiro atoms. The quantitative estimate of drug-likeness (QED) is 0.578. The standard InChI is InChI=1S/C9H15BrFNO3/c1-15-8(14)9(3-7(13)4-10)2-6(11)5-12-9/h6-7,12-13H,2-5H2,1H3/t6-,7?,9+/m1/s1. The number of aliphatic hydroxyl groups is 1. The first-order chi connectivity index (χ1) is 7.04. The van der Waals surface area contributed by atoms with Crippen LogP contribution in [-0.2, 0) is 9.53 Å². The minimum Gasteiger partial charge on any atom is -0.468 e. The maximum Gasteiger partial charge on any atom is 0.326 e. The van der Waals surface area contributed by atoms with Crippen LogP contribution in [0, 0.1) is 0 Å². The molecule has 1 aliphatic heterocycles. The Bertz CT molecular complexity index is 241. The maximum atomic E-state index is 13.1. The van der Waals surface area contributed by atoms with E-state index in [0.717, 1.165) is 0 Å². The minimum atomic E-state index is -1.07. The van der Waals surface area contributed by atoms with Crippen molar-refractivity contribution in [3.8, 4) is 0 Å². The van der Waals surface area contributed by atoms with Crippen LogP contribution in [0.25, 0.3) is 0 Å². The van der Waals surface area contributed by atoms with E-state index in [-0.39, 0.29) is 19.4 Å². The number of ether oxygens (including phenoxy) is 1. The monoisotopic (exact) mass is 283 g/mol. The molecule has 4 nitrogen and oxygen atoms in total. The van der Waals surface area contributed by atoms with E-state index >= 15 is 0 Å². The Hall–Kier alpha value is -0.200. The summed E-state index contributed by atoms with van der Waals surface area (Å²) in [6.45, 7) is 0.129. The van der Waals surface area contributed by atoms with Crippen molar-refractivity contribution in [2.75, 3.05) is 19.0 Å². The number of esters is 1. The number of aliphatic hydroxyl groups excluding tert-OH is 1. The Morgan fingerprint density at radius 1 is 1.87 bits per heavy atom. The van der Waals surface area contributed by atoms with Crippen LogP contribution >= 0.6 is 15.9 Å². The van der Waals surface area contributed by atoms with E-state index in [9.17, 15) is 14.3 Å². The van der Waals surface area contributed by atoms with Crippen molar-refractivity contribution in [3.05, 3.63) is 0 Å². The van der Waals surface area contributed by atoms with Crippen LogP contribution in [0.3, 0.4) is 0 Å². The van der Waals surface area contributed by atoms with Gasteiger partial charge in [-0.1, -0.05) is 15.9 Å². The molecular formula is C9H15BrFNO3. The molecule has 0 aromatic rings. The van der Waals surface area contributed by atoms with Crippen LogP contribution in [0.4, 0.5) is 4.39 Å². The van der Waals surface area contributed by atoms with E-state index in [1.165, 1.54) is 7.11 Å². The van der Waals surface area contributed by atoms with Gasteiger partial charge in [-0.2, -0.15) is 0 Å². The second-order valence-electron chi connectivity index (χ2n) is 3.77. The maximum absolute atomic E-state index is 13.1. The van der Waals surface area contributed by atoms with Crippen LogP contribution < -0.4 is 5.32 Å². The molecule has 1 fully saturated rings. The highest BCUT2D eigenvalue weighted by Gasteiger charge is 2.47. The van der Waals surface area contributed by atoms with Crippen LogP contribution in [-0.4, -0.2) is 47.9 Å². The molecular weight excluding hydrogens is 269 g/mol. The number of carbonyl (C=O) groups is 1. The van der Waals surface area contributed by atoms with Gasteiger partial charge in [0, 0.05) is 24.7 Å². The normalized spacial score (nSPS) is 32.7. The van der Waals surface area contributed by atoms with Crippen molar-refractivity contribution in [2.24, 2.45) is 0 Å². The molecule has 1 saturated heterocycles. The third-order valence-electron chi connectivity index (χ3n) is 2.57. The van der Waals surface area contributed by atoms with Gasteiger partial charge >= 0.3 is 5.97 Å². The van der Waals surface area contributed by atoms with E-state index < -0.39 is 23.8 Å². The number of alkyl halides is 2. The van der Waals surface area contributed by atoms with Gasteiger partial charge in [-0.25, -0.2) is 4.39 Å². The first-order valence-corrected chi connectivity index (χ1v) is 5.88. The largest absolute Gasteiger partial charge is 0.468 e. The summed E-state index contributed by atoms with van der Waals surface area (Å²) in [4.78, 5) is 11.6. The third-order valence-corrected chi connectivity index (χ3v) is 3.32. The fourth-order valence-electron chi connectivity index (χ4n) is 1.88. The number of carbonyl (C=O) groups excluding carboxylic acids is 1. The Kier molecular flexibility index (Phi) is 4.48. The summed E-state index contributed by atoms with van der Waals surface area (Å²) in [7, 11) is 1.26. The molecule has 1 heterocycles. The van der Waals surface area contributed by atoms with Gasteiger partial charge in [0.25, 0.3) is 0 Å². The van der Waals surface area contributed by atoms with Crippen LogP contribution in [0.15, 0.2) is 0 Å². The molecule has 1 unspecified atom stereocenters. The zero-order chi connectivity index (χ0) is 11.5. The summed E-state index contributed by atoms with van der Waals surface area (Å²) in [5.74, 6) is -0.511. The Labute approximate surface area is 96.3 Å². The molecule has 0 aromatic carbocycles. The fourth-order valence-corrected chi connectivity index (χ4v) is 2.10. The fraction of sp³-hybridized carbons (Fsp3) is 0.889. The molecule has 3 atom stereocenters. The lowest BCUT2D eigenvalue weighted by atomic mass is 9.90. The SMILES string of the molecule is COC(=O)[C@@]1(CC(O)CBr)C[C@@H](F)CN1. The molecule has 0 aromatic heterocycles. The summed E-state index contributed by atoms with van der Waals surface area (Å²) in [5, 5.41) is 12.7. The van der Waals surface area contributed by atoms with E-state index in [2.05, 4.69) is 26.0 Å². The predicted molar refractivity (Wildman–Crippen MR) is 56.7 cm³/mol. The molecule has 6 heteroatoms. The molecule has 0 saturated carbocycles. The van der Waals surface area contributed by atoms with E-state index in [4.69, 9.17) is 0 Å². The number of hydrogen-bond acceptors (Lipinski definition) is 4. The van der Waals surface area contributed by atoms with Crippen molar-refractivity contribution >= 4 is 21.9 Å².